The highest BCUT2D eigenvalue weighted by molar-refractivity contribution is 5.92. The maximum absolute atomic E-state index is 12.6. The summed E-state index contributed by atoms with van der Waals surface area (Å²) in [6.45, 7) is 1.65. The zero-order chi connectivity index (χ0) is 18.6. The molecule has 1 amide bonds. The molecule has 2 aliphatic rings. The Bertz CT molecular complexity index is 821. The molecule has 0 radical (unpaired) electrons. The van der Waals surface area contributed by atoms with Crippen LogP contribution in [-0.4, -0.2) is 37.6 Å². The van der Waals surface area contributed by atoms with E-state index in [2.05, 4.69) is 34.5 Å². The summed E-state index contributed by atoms with van der Waals surface area (Å²) in [6, 6.07) is 14.4. The lowest BCUT2D eigenvalue weighted by molar-refractivity contribution is -0.117. The van der Waals surface area contributed by atoms with Crippen molar-refractivity contribution in [2.75, 3.05) is 32.1 Å². The van der Waals surface area contributed by atoms with E-state index in [1.54, 1.807) is 0 Å². The molecule has 1 aliphatic heterocycles. The van der Waals surface area contributed by atoms with Gasteiger partial charge >= 0.3 is 0 Å². The van der Waals surface area contributed by atoms with Crippen LogP contribution in [0.5, 0.6) is 11.5 Å². The lowest BCUT2D eigenvalue weighted by Crippen LogP contribution is -2.34. The summed E-state index contributed by atoms with van der Waals surface area (Å²) in [7, 11) is 2.03. The smallest absolute Gasteiger partial charge is 0.238 e. The average Bonchev–Trinajstić information content (AvgIpc) is 2.92. The van der Waals surface area contributed by atoms with Crippen LogP contribution in [0.15, 0.2) is 42.5 Å². The molecular weight excluding hydrogens is 340 g/mol. The third-order valence-electron chi connectivity index (χ3n) is 5.29. The summed E-state index contributed by atoms with van der Waals surface area (Å²) in [5.41, 5.74) is 3.50. The first kappa shape index (κ1) is 17.9. The topological polar surface area (TPSA) is 50.8 Å². The molecule has 0 aromatic heterocycles. The Kier molecular flexibility index (Phi) is 5.30. The Balaban J connectivity index is 1.40. The maximum Gasteiger partial charge on any atom is 0.238 e. The van der Waals surface area contributed by atoms with Crippen LogP contribution in [0.25, 0.3) is 0 Å². The normalized spacial score (nSPS) is 18.5. The van der Waals surface area contributed by atoms with Crippen LogP contribution in [0.3, 0.4) is 0 Å². The predicted molar refractivity (Wildman–Crippen MR) is 105 cm³/mol. The van der Waals surface area contributed by atoms with E-state index in [1.165, 1.54) is 11.1 Å². The van der Waals surface area contributed by atoms with E-state index in [0.717, 1.165) is 37.1 Å². The quantitative estimate of drug-likeness (QED) is 0.894. The molecule has 27 heavy (non-hydrogen) atoms. The lowest BCUT2D eigenvalue weighted by atomic mass is 9.87. The number of anilines is 1. The van der Waals surface area contributed by atoms with Gasteiger partial charge in [-0.1, -0.05) is 24.3 Å². The summed E-state index contributed by atoms with van der Waals surface area (Å²) < 4.78 is 11.3. The number of nitrogens with zero attached hydrogens (tertiary/aromatic N) is 1. The van der Waals surface area contributed by atoms with Crippen molar-refractivity contribution in [2.45, 2.75) is 31.7 Å². The first-order valence-electron chi connectivity index (χ1n) is 9.68. The first-order valence-corrected chi connectivity index (χ1v) is 9.68. The van der Waals surface area contributed by atoms with Crippen molar-refractivity contribution in [3.05, 3.63) is 53.6 Å². The molecule has 0 bridgehead atoms. The van der Waals surface area contributed by atoms with Gasteiger partial charge in [-0.25, -0.2) is 0 Å². The number of likely N-dealkylation sites (N-methyl/N-ethyl adjacent to an activating group) is 1. The van der Waals surface area contributed by atoms with Crippen molar-refractivity contribution >= 4 is 11.6 Å². The van der Waals surface area contributed by atoms with Crippen LogP contribution in [0.2, 0.25) is 0 Å². The largest absolute Gasteiger partial charge is 0.490 e. The SMILES string of the molecule is CN(CC(=O)Nc1ccc2c(c1)OCCCO2)[C@H]1CCCc2ccccc21. The van der Waals surface area contributed by atoms with Gasteiger partial charge in [-0.05, 0) is 49.6 Å². The molecule has 2 aromatic rings. The fourth-order valence-electron chi connectivity index (χ4n) is 3.96. The van der Waals surface area contributed by atoms with Crippen LogP contribution >= 0.6 is 0 Å². The molecule has 4 rings (SSSR count). The number of rotatable bonds is 4. The third kappa shape index (κ3) is 4.08. The highest BCUT2D eigenvalue weighted by atomic mass is 16.5. The summed E-state index contributed by atoms with van der Waals surface area (Å²) in [6.07, 6.45) is 4.24. The maximum atomic E-state index is 12.6. The molecule has 142 valence electrons. The van der Waals surface area contributed by atoms with Crippen molar-refractivity contribution in [1.82, 2.24) is 4.90 Å². The number of hydrogen-bond acceptors (Lipinski definition) is 4. The molecular formula is C22H26N2O3. The van der Waals surface area contributed by atoms with Crippen molar-refractivity contribution in [3.63, 3.8) is 0 Å². The number of carbonyl (C=O) groups excluding carboxylic acids is 1. The fraction of sp³-hybridized carbons (Fsp3) is 0.409. The van der Waals surface area contributed by atoms with E-state index >= 15 is 0 Å². The summed E-state index contributed by atoms with van der Waals surface area (Å²) in [5, 5.41) is 2.99. The van der Waals surface area contributed by atoms with Gasteiger partial charge in [0.1, 0.15) is 0 Å². The lowest BCUT2D eigenvalue weighted by Gasteiger charge is -2.32. The Hall–Kier alpha value is -2.53. The number of nitrogens with one attached hydrogen (secondary N) is 1. The molecule has 0 saturated carbocycles. The van der Waals surface area contributed by atoms with Crippen molar-refractivity contribution in [3.8, 4) is 11.5 Å². The number of hydrogen-bond donors (Lipinski definition) is 1. The molecule has 1 aliphatic carbocycles. The molecule has 0 saturated heterocycles. The van der Waals surface area contributed by atoms with Gasteiger partial charge in [-0.2, -0.15) is 0 Å². The highest BCUT2D eigenvalue weighted by Gasteiger charge is 2.24. The van der Waals surface area contributed by atoms with Crippen LogP contribution in [0, 0.1) is 0 Å². The van der Waals surface area contributed by atoms with E-state index in [9.17, 15) is 4.79 Å². The van der Waals surface area contributed by atoms with Crippen LogP contribution < -0.4 is 14.8 Å². The van der Waals surface area contributed by atoms with E-state index in [-0.39, 0.29) is 5.91 Å². The molecule has 2 aromatic carbocycles. The number of fused-ring (bicyclic) bond motifs is 2. The summed E-state index contributed by atoms with van der Waals surface area (Å²) >= 11 is 0. The van der Waals surface area contributed by atoms with E-state index in [4.69, 9.17) is 9.47 Å². The van der Waals surface area contributed by atoms with Gasteiger partial charge < -0.3 is 14.8 Å². The Morgan fingerprint density at radius 2 is 1.93 bits per heavy atom. The van der Waals surface area contributed by atoms with Crippen molar-refractivity contribution < 1.29 is 14.3 Å². The summed E-state index contributed by atoms with van der Waals surface area (Å²) in [4.78, 5) is 14.7. The van der Waals surface area contributed by atoms with Gasteiger partial charge in [0, 0.05) is 24.2 Å². The van der Waals surface area contributed by atoms with Crippen LogP contribution in [0.1, 0.15) is 36.4 Å². The number of carbonyl (C=O) groups is 1. The van der Waals surface area contributed by atoms with Crippen LogP contribution in [0.4, 0.5) is 5.69 Å². The standard InChI is InChI=1S/C22H26N2O3/c1-24(19-9-4-7-16-6-2-3-8-18(16)19)15-22(25)23-17-10-11-20-21(14-17)27-13-5-12-26-20/h2-3,6,8,10-11,14,19H,4-5,7,9,12-13,15H2,1H3,(H,23,25)/t19-/m0/s1. The van der Waals surface area contributed by atoms with Crippen molar-refractivity contribution in [2.24, 2.45) is 0 Å². The first-order chi connectivity index (χ1) is 13.2. The Labute approximate surface area is 160 Å². The minimum Gasteiger partial charge on any atom is -0.490 e. The molecule has 0 unspecified atom stereocenters. The second-order valence-corrected chi connectivity index (χ2v) is 7.28. The number of aryl methyl sites for hydroxylation is 1. The molecule has 1 atom stereocenters. The highest BCUT2D eigenvalue weighted by Crippen LogP contribution is 2.34. The minimum atomic E-state index is -0.0185. The summed E-state index contributed by atoms with van der Waals surface area (Å²) in [5.74, 6) is 1.41. The zero-order valence-electron chi connectivity index (χ0n) is 15.7. The second kappa shape index (κ2) is 8.01. The van der Waals surface area contributed by atoms with Gasteiger partial charge in [0.25, 0.3) is 0 Å². The second-order valence-electron chi connectivity index (χ2n) is 7.28. The molecule has 0 fully saturated rings. The van der Waals surface area contributed by atoms with Gasteiger partial charge in [-0.3, -0.25) is 9.69 Å². The van der Waals surface area contributed by atoms with Gasteiger partial charge in [-0.15, -0.1) is 0 Å². The number of ether oxygens (including phenoxy) is 2. The molecule has 5 heteroatoms. The predicted octanol–water partition coefficient (Wildman–Crippen LogP) is 3.80. The monoisotopic (exact) mass is 366 g/mol. The zero-order valence-corrected chi connectivity index (χ0v) is 15.7. The van der Waals surface area contributed by atoms with E-state index in [0.29, 0.717) is 31.5 Å². The van der Waals surface area contributed by atoms with Gasteiger partial charge in [0.2, 0.25) is 5.91 Å². The molecule has 0 spiro atoms. The minimum absolute atomic E-state index is 0.0185. The molecule has 1 heterocycles. The van der Waals surface area contributed by atoms with Gasteiger partial charge in [0.15, 0.2) is 11.5 Å². The molecule has 5 nitrogen and oxygen atoms in total. The number of amides is 1. The van der Waals surface area contributed by atoms with Gasteiger partial charge in [0.05, 0.1) is 19.8 Å². The Morgan fingerprint density at radius 1 is 1.11 bits per heavy atom. The fourth-order valence-corrected chi connectivity index (χ4v) is 3.96. The third-order valence-corrected chi connectivity index (χ3v) is 5.29. The van der Waals surface area contributed by atoms with Crippen molar-refractivity contribution in [1.29, 1.82) is 0 Å². The number of benzene rings is 2. The van der Waals surface area contributed by atoms with Crippen LogP contribution in [-0.2, 0) is 11.2 Å². The van der Waals surface area contributed by atoms with E-state index in [1.807, 2.05) is 25.2 Å². The Morgan fingerprint density at radius 3 is 2.81 bits per heavy atom. The molecule has 1 N–H and O–H groups in total. The average molecular weight is 366 g/mol. The van der Waals surface area contributed by atoms with E-state index < -0.39 is 0 Å².